The van der Waals surface area contributed by atoms with Gasteiger partial charge in [-0.2, -0.15) is 0 Å². The molecule has 1 aromatic heterocycles. The molecule has 17 heavy (non-hydrogen) atoms. The normalized spacial score (nSPS) is 10.2. The lowest BCUT2D eigenvalue weighted by Gasteiger charge is -2.11. The molecule has 4 nitrogen and oxygen atoms in total. The maximum absolute atomic E-state index is 12.2. The highest BCUT2D eigenvalue weighted by Gasteiger charge is 2.16. The van der Waals surface area contributed by atoms with Crippen LogP contribution in [0.25, 0.3) is 0 Å². The molecule has 0 saturated carbocycles. The van der Waals surface area contributed by atoms with Gasteiger partial charge in [0.2, 0.25) is 0 Å². The van der Waals surface area contributed by atoms with E-state index in [9.17, 15) is 4.79 Å². The van der Waals surface area contributed by atoms with Crippen LogP contribution >= 0.6 is 0 Å². The number of hydrogen-bond acceptors (Lipinski definition) is 3. The van der Waals surface area contributed by atoms with Crippen molar-refractivity contribution in [2.75, 3.05) is 12.3 Å². The molecule has 3 N–H and O–H groups in total. The van der Waals surface area contributed by atoms with E-state index in [1.165, 1.54) is 0 Å². The molecule has 0 saturated heterocycles. The zero-order chi connectivity index (χ0) is 12.3. The smallest absolute Gasteiger partial charge is 0.198 e. The zero-order valence-electron chi connectivity index (χ0n) is 9.57. The van der Waals surface area contributed by atoms with Crippen LogP contribution in [0.1, 0.15) is 22.8 Å². The Kier molecular flexibility index (Phi) is 3.14. The Morgan fingerprint density at radius 1 is 1.41 bits per heavy atom. The Labute approximate surface area is 99.4 Å². The molecule has 0 bridgehead atoms. The molecule has 0 fully saturated rings. The van der Waals surface area contributed by atoms with Crippen molar-refractivity contribution in [3.63, 3.8) is 0 Å². The van der Waals surface area contributed by atoms with E-state index >= 15 is 0 Å². The Balaban J connectivity index is 2.44. The zero-order valence-corrected chi connectivity index (χ0v) is 9.57. The molecule has 0 atom stereocenters. The van der Waals surface area contributed by atoms with E-state index in [4.69, 9.17) is 10.5 Å². The number of carbonyl (C=O) groups is 1. The molecule has 1 aromatic carbocycles. The first-order valence-electron chi connectivity index (χ1n) is 5.42. The van der Waals surface area contributed by atoms with Crippen LogP contribution in [0, 0.1) is 0 Å². The standard InChI is InChI=1S/C13H14N2O2/c1-2-17-13-10(4-3-5-11(13)14)12(16)9-6-7-15-8-9/h3-8,15H,2,14H2,1H3. The molecule has 0 spiro atoms. The number of ether oxygens (including phenoxy) is 1. The monoisotopic (exact) mass is 230 g/mol. The summed E-state index contributed by atoms with van der Waals surface area (Å²) in [4.78, 5) is 15.1. The molecular formula is C13H14N2O2. The predicted octanol–water partition coefficient (Wildman–Crippen LogP) is 2.23. The Bertz CT molecular complexity index is 518. The third-order valence-electron chi connectivity index (χ3n) is 2.44. The van der Waals surface area contributed by atoms with Gasteiger partial charge in [-0.15, -0.1) is 0 Å². The van der Waals surface area contributed by atoms with Crippen LogP contribution < -0.4 is 10.5 Å². The number of nitrogens with two attached hydrogens (primary N) is 1. The van der Waals surface area contributed by atoms with Gasteiger partial charge < -0.3 is 15.5 Å². The highest BCUT2D eigenvalue weighted by atomic mass is 16.5. The fraction of sp³-hybridized carbons (Fsp3) is 0.154. The third-order valence-corrected chi connectivity index (χ3v) is 2.44. The first-order chi connectivity index (χ1) is 8.24. The van der Waals surface area contributed by atoms with Crippen LogP contribution in [0.15, 0.2) is 36.7 Å². The number of nitrogens with one attached hydrogen (secondary N) is 1. The molecule has 88 valence electrons. The quantitative estimate of drug-likeness (QED) is 0.625. The van der Waals surface area contributed by atoms with Crippen molar-refractivity contribution in [3.05, 3.63) is 47.8 Å². The van der Waals surface area contributed by atoms with Gasteiger partial charge in [-0.1, -0.05) is 6.07 Å². The van der Waals surface area contributed by atoms with Crippen LogP contribution in [-0.4, -0.2) is 17.4 Å². The maximum Gasteiger partial charge on any atom is 0.198 e. The van der Waals surface area contributed by atoms with Crippen molar-refractivity contribution in [2.24, 2.45) is 0 Å². The van der Waals surface area contributed by atoms with Gasteiger partial charge >= 0.3 is 0 Å². The molecule has 1 heterocycles. The highest BCUT2D eigenvalue weighted by Crippen LogP contribution is 2.28. The van der Waals surface area contributed by atoms with Crippen LogP contribution in [0.5, 0.6) is 5.75 Å². The summed E-state index contributed by atoms with van der Waals surface area (Å²) in [5.41, 5.74) is 7.38. The first kappa shape index (κ1) is 11.3. The minimum atomic E-state index is -0.0954. The summed E-state index contributed by atoms with van der Waals surface area (Å²) in [7, 11) is 0. The van der Waals surface area contributed by atoms with Gasteiger partial charge in [-0.05, 0) is 25.1 Å². The second-order valence-corrected chi connectivity index (χ2v) is 3.59. The molecule has 4 heteroatoms. The molecule has 0 aliphatic heterocycles. The fourth-order valence-electron chi connectivity index (χ4n) is 1.66. The molecule has 0 amide bonds. The number of carbonyl (C=O) groups excluding carboxylic acids is 1. The van der Waals surface area contributed by atoms with E-state index in [-0.39, 0.29) is 5.78 Å². The summed E-state index contributed by atoms with van der Waals surface area (Å²) in [6, 6.07) is 6.91. The van der Waals surface area contributed by atoms with Crippen LogP contribution in [-0.2, 0) is 0 Å². The molecule has 0 aliphatic rings. The molecular weight excluding hydrogens is 216 g/mol. The van der Waals surface area contributed by atoms with Crippen molar-refractivity contribution >= 4 is 11.5 Å². The molecule has 0 aliphatic carbocycles. The van der Waals surface area contributed by atoms with E-state index in [0.717, 1.165) is 0 Å². The average molecular weight is 230 g/mol. The van der Waals surface area contributed by atoms with Gasteiger partial charge in [0.15, 0.2) is 11.5 Å². The Morgan fingerprint density at radius 3 is 2.88 bits per heavy atom. The minimum Gasteiger partial charge on any atom is -0.491 e. The number of benzene rings is 1. The number of H-pyrrole nitrogens is 1. The number of aromatic nitrogens is 1. The number of hydrogen-bond donors (Lipinski definition) is 2. The van der Waals surface area contributed by atoms with E-state index in [1.54, 1.807) is 36.7 Å². The van der Waals surface area contributed by atoms with E-state index in [1.807, 2.05) is 6.92 Å². The molecule has 0 unspecified atom stereocenters. The van der Waals surface area contributed by atoms with Gasteiger partial charge in [0.1, 0.15) is 0 Å². The van der Waals surface area contributed by atoms with Crippen molar-refractivity contribution in [1.29, 1.82) is 0 Å². The number of anilines is 1. The summed E-state index contributed by atoms with van der Waals surface area (Å²) in [6.45, 7) is 2.33. The lowest BCUT2D eigenvalue weighted by molar-refractivity contribution is 0.103. The minimum absolute atomic E-state index is 0.0954. The highest BCUT2D eigenvalue weighted by molar-refractivity contribution is 6.11. The second kappa shape index (κ2) is 4.74. The van der Waals surface area contributed by atoms with Crippen molar-refractivity contribution in [3.8, 4) is 5.75 Å². The van der Waals surface area contributed by atoms with Crippen LogP contribution in [0.2, 0.25) is 0 Å². The van der Waals surface area contributed by atoms with Gasteiger partial charge in [-0.25, -0.2) is 0 Å². The van der Waals surface area contributed by atoms with E-state index in [2.05, 4.69) is 4.98 Å². The largest absolute Gasteiger partial charge is 0.491 e. The Hall–Kier alpha value is -2.23. The van der Waals surface area contributed by atoms with E-state index in [0.29, 0.717) is 29.2 Å². The number of aromatic amines is 1. The predicted molar refractivity (Wildman–Crippen MR) is 66.2 cm³/mol. The summed E-state index contributed by atoms with van der Waals surface area (Å²) in [5, 5.41) is 0. The van der Waals surface area contributed by atoms with Crippen molar-refractivity contribution in [2.45, 2.75) is 6.92 Å². The van der Waals surface area contributed by atoms with Gasteiger partial charge in [-0.3, -0.25) is 4.79 Å². The van der Waals surface area contributed by atoms with Crippen LogP contribution in [0.4, 0.5) is 5.69 Å². The summed E-state index contributed by atoms with van der Waals surface area (Å²) < 4.78 is 5.43. The fourth-order valence-corrected chi connectivity index (χ4v) is 1.66. The lowest BCUT2D eigenvalue weighted by Crippen LogP contribution is -2.06. The third kappa shape index (κ3) is 2.15. The number of para-hydroxylation sites is 1. The van der Waals surface area contributed by atoms with Gasteiger partial charge in [0.25, 0.3) is 0 Å². The first-order valence-corrected chi connectivity index (χ1v) is 5.42. The topological polar surface area (TPSA) is 68.1 Å². The second-order valence-electron chi connectivity index (χ2n) is 3.59. The number of rotatable bonds is 4. The van der Waals surface area contributed by atoms with E-state index < -0.39 is 0 Å². The maximum atomic E-state index is 12.2. The summed E-state index contributed by atoms with van der Waals surface area (Å²) in [5.74, 6) is 0.364. The van der Waals surface area contributed by atoms with Gasteiger partial charge in [0, 0.05) is 18.0 Å². The number of ketones is 1. The van der Waals surface area contributed by atoms with Crippen LogP contribution in [0.3, 0.4) is 0 Å². The molecule has 0 radical (unpaired) electrons. The van der Waals surface area contributed by atoms with Crippen molar-refractivity contribution in [1.82, 2.24) is 4.98 Å². The molecule has 2 aromatic rings. The lowest BCUT2D eigenvalue weighted by atomic mass is 10.0. The SMILES string of the molecule is CCOc1c(N)cccc1C(=O)c1cc[nH]c1. The van der Waals surface area contributed by atoms with Crippen molar-refractivity contribution < 1.29 is 9.53 Å². The average Bonchev–Trinajstić information content (AvgIpc) is 2.85. The Morgan fingerprint density at radius 2 is 2.24 bits per heavy atom. The summed E-state index contributed by atoms with van der Waals surface area (Å²) in [6.07, 6.45) is 3.36. The van der Waals surface area contributed by atoms with Gasteiger partial charge in [0.05, 0.1) is 17.9 Å². The summed E-state index contributed by atoms with van der Waals surface area (Å²) >= 11 is 0. The number of nitrogen functional groups attached to an aromatic ring is 1. The molecule has 2 rings (SSSR count).